The molecule has 0 aliphatic carbocycles. The zero-order valence-electron chi connectivity index (χ0n) is 37.4. The molecule has 3 aromatic heterocycles. The molecule has 0 bridgehead atoms. The zero-order chi connectivity index (χ0) is 48.8. The molecule has 6 N–H and O–H groups in total. The molecule has 0 spiro atoms. The van der Waals surface area contributed by atoms with Gasteiger partial charge in [-0.1, -0.05) is 72.3 Å². The lowest BCUT2D eigenvalue weighted by Crippen LogP contribution is -2.37. The second-order valence-corrected chi connectivity index (χ2v) is 14.7. The van der Waals surface area contributed by atoms with Crippen LogP contribution in [-0.4, -0.2) is 99.6 Å². The maximum atomic E-state index is 11.7. The number of hydrogen-bond acceptors (Lipinski definition) is 12. The van der Waals surface area contributed by atoms with Gasteiger partial charge >= 0.3 is 29.6 Å². The number of aliphatic hydroxyl groups excluding tert-OH is 1. The van der Waals surface area contributed by atoms with Crippen LogP contribution in [-0.2, 0) is 35.5 Å². The van der Waals surface area contributed by atoms with Crippen LogP contribution in [0.5, 0.6) is 5.75 Å². The number of halogens is 2. The molecular formula is C46H55Cl2N7O11. The summed E-state index contributed by atoms with van der Waals surface area (Å²) in [4.78, 5) is 74.2. The number of hydrogen-bond donors (Lipinski definition) is 5. The number of aliphatic carboxylic acids is 2. The number of nitrogens with zero attached hydrogens (tertiary/aromatic N) is 6. The fraction of sp³-hybridized carbons (Fsp3) is 0.261. The van der Waals surface area contributed by atoms with Gasteiger partial charge in [-0.15, -0.1) is 12.4 Å². The molecule has 0 saturated carbocycles. The lowest BCUT2D eigenvalue weighted by atomic mass is 9.92. The molecule has 0 amide bonds. The number of esters is 1. The van der Waals surface area contributed by atoms with E-state index in [2.05, 4.69) is 51.9 Å². The second kappa shape index (κ2) is 28.8. The van der Waals surface area contributed by atoms with Gasteiger partial charge in [0.2, 0.25) is 0 Å². The van der Waals surface area contributed by atoms with Crippen molar-refractivity contribution in [1.82, 2.24) is 28.6 Å². The number of aryl methyl sites for hydroxylation is 2. The van der Waals surface area contributed by atoms with Crippen molar-refractivity contribution in [3.05, 3.63) is 170 Å². The maximum absolute atomic E-state index is 11.7. The summed E-state index contributed by atoms with van der Waals surface area (Å²) < 4.78 is 8.73. The number of carbonyl (C=O) groups excluding carboxylic acids is 1. The topological polar surface area (TPSA) is 262 Å². The van der Waals surface area contributed by atoms with E-state index >= 15 is 0 Å². The van der Waals surface area contributed by atoms with Crippen LogP contribution in [0.1, 0.15) is 59.5 Å². The third-order valence-corrected chi connectivity index (χ3v) is 9.13. The molecule has 18 nitrogen and oxygen atoms in total. The van der Waals surface area contributed by atoms with Gasteiger partial charge in [0, 0.05) is 69.1 Å². The van der Waals surface area contributed by atoms with E-state index in [1.807, 2.05) is 60.8 Å². The van der Waals surface area contributed by atoms with Crippen LogP contribution in [0, 0.1) is 0 Å². The number of carbonyl (C=O) groups is 4. The van der Waals surface area contributed by atoms with Gasteiger partial charge in [0.05, 0.1) is 12.4 Å². The van der Waals surface area contributed by atoms with Crippen LogP contribution in [0.2, 0.25) is 5.02 Å². The van der Waals surface area contributed by atoms with Gasteiger partial charge < -0.3 is 40.4 Å². The van der Waals surface area contributed by atoms with E-state index in [1.54, 1.807) is 37.7 Å². The molecule has 0 fully saturated rings. The maximum Gasteiger partial charge on any atom is 0.339 e. The van der Waals surface area contributed by atoms with E-state index in [0.717, 1.165) is 33.8 Å². The summed E-state index contributed by atoms with van der Waals surface area (Å²) in [5.74, 6) is -3.77. The third-order valence-electron chi connectivity index (χ3n) is 8.88. The number of para-hydroxylation sites is 1. The highest BCUT2D eigenvalue weighted by atomic mass is 35.5. The molecule has 20 heteroatoms. The number of aromatic nitrogens is 5. The number of carboxylic acids is 3. The average Bonchev–Trinajstić information content (AvgIpc) is 3.67. The van der Waals surface area contributed by atoms with Gasteiger partial charge in [-0.2, -0.15) is 0 Å². The van der Waals surface area contributed by atoms with Crippen molar-refractivity contribution >= 4 is 59.0 Å². The normalized spacial score (nSPS) is 11.6. The molecular weight excluding hydrogens is 897 g/mol. The van der Waals surface area contributed by atoms with Gasteiger partial charge in [0.15, 0.2) is 11.2 Å². The summed E-state index contributed by atoms with van der Waals surface area (Å²) >= 11 is 5.97. The SMILES string of the molecule is CC(=O)Oc1ccccc1C(=O)O.CN(C)CCC(c1ccc(Cl)cc1)c1ccccn1.C[C@@H](N)[C@@H](O)c1ccccc1.Cl.Cn1c(=O)c2c(ncn2C)n(C)c1=O.O=C(O)/C=C/C(=O)O. The Bertz CT molecular complexity index is 2600. The summed E-state index contributed by atoms with van der Waals surface area (Å²) in [5.41, 5.74) is 8.95. The van der Waals surface area contributed by atoms with E-state index in [9.17, 15) is 33.9 Å². The first-order chi connectivity index (χ1) is 30.7. The first-order valence-corrected chi connectivity index (χ1v) is 20.0. The fourth-order valence-corrected chi connectivity index (χ4v) is 5.73. The number of ether oxygens (including phenoxy) is 1. The number of benzene rings is 3. The molecule has 0 saturated heterocycles. The monoisotopic (exact) mass is 951 g/mol. The van der Waals surface area contributed by atoms with E-state index in [0.29, 0.717) is 29.2 Å². The molecule has 3 atom stereocenters. The van der Waals surface area contributed by atoms with Gasteiger partial charge in [-0.05, 0) is 81.5 Å². The van der Waals surface area contributed by atoms with Crippen molar-refractivity contribution in [2.24, 2.45) is 26.9 Å². The Labute approximate surface area is 392 Å². The Morgan fingerprint density at radius 3 is 1.86 bits per heavy atom. The molecule has 3 heterocycles. The van der Waals surface area contributed by atoms with E-state index < -0.39 is 30.0 Å². The lowest BCUT2D eigenvalue weighted by Gasteiger charge is -2.19. The summed E-state index contributed by atoms with van der Waals surface area (Å²) in [5, 5.41) is 34.6. The van der Waals surface area contributed by atoms with E-state index in [4.69, 9.17) is 32.7 Å². The Morgan fingerprint density at radius 2 is 1.36 bits per heavy atom. The number of rotatable bonds is 11. The number of carboxylic acid groups (broad SMARTS) is 3. The minimum atomic E-state index is -1.26. The second-order valence-electron chi connectivity index (χ2n) is 14.3. The van der Waals surface area contributed by atoms with E-state index in [1.165, 1.54) is 42.6 Å². The highest BCUT2D eigenvalue weighted by molar-refractivity contribution is 6.30. The van der Waals surface area contributed by atoms with Gasteiger partial charge in [-0.3, -0.25) is 23.7 Å². The van der Waals surface area contributed by atoms with Crippen LogP contribution in [0.15, 0.2) is 131 Å². The van der Waals surface area contributed by atoms with Crippen molar-refractivity contribution in [3.63, 3.8) is 0 Å². The summed E-state index contributed by atoms with van der Waals surface area (Å²) in [6.45, 7) is 4.04. The van der Waals surface area contributed by atoms with Crippen molar-refractivity contribution in [2.45, 2.75) is 38.3 Å². The molecule has 0 radical (unpaired) electrons. The molecule has 0 aliphatic rings. The smallest absolute Gasteiger partial charge is 0.339 e. The number of nitrogens with two attached hydrogens (primary N) is 1. The highest BCUT2D eigenvalue weighted by Gasteiger charge is 2.16. The lowest BCUT2D eigenvalue weighted by molar-refractivity contribution is -0.134. The van der Waals surface area contributed by atoms with Crippen LogP contribution in [0.4, 0.5) is 0 Å². The van der Waals surface area contributed by atoms with Crippen molar-refractivity contribution in [1.29, 1.82) is 0 Å². The molecule has 6 rings (SSSR count). The third kappa shape index (κ3) is 19.0. The van der Waals surface area contributed by atoms with Gasteiger partial charge in [0.1, 0.15) is 11.3 Å². The van der Waals surface area contributed by atoms with Crippen molar-refractivity contribution < 1.29 is 44.3 Å². The molecule has 6 aromatic rings. The van der Waals surface area contributed by atoms with Gasteiger partial charge in [0.25, 0.3) is 5.56 Å². The zero-order valence-corrected chi connectivity index (χ0v) is 39.0. The number of fused-ring (bicyclic) bond motifs is 1. The molecule has 3 aromatic carbocycles. The van der Waals surface area contributed by atoms with E-state index in [-0.39, 0.29) is 41.0 Å². The molecule has 1 unspecified atom stereocenters. The number of aliphatic hydroxyl groups is 1. The first kappa shape index (κ1) is 57.1. The predicted octanol–water partition coefficient (Wildman–Crippen LogP) is 5.30. The minimum Gasteiger partial charge on any atom is -0.478 e. The van der Waals surface area contributed by atoms with Gasteiger partial charge in [-0.25, -0.2) is 24.2 Å². The van der Waals surface area contributed by atoms with Crippen LogP contribution in [0.25, 0.3) is 11.2 Å². The van der Waals surface area contributed by atoms with Crippen LogP contribution < -0.4 is 21.7 Å². The quantitative estimate of drug-likeness (QED) is 0.0627. The van der Waals surface area contributed by atoms with Crippen molar-refractivity contribution in [2.75, 3.05) is 20.6 Å². The summed E-state index contributed by atoms with van der Waals surface area (Å²) in [7, 11) is 8.96. The number of aromatic carboxylic acids is 1. The predicted molar refractivity (Wildman–Crippen MR) is 253 cm³/mol. The Kier molecular flexibility index (Phi) is 24.9. The molecule has 354 valence electrons. The summed E-state index contributed by atoms with van der Waals surface area (Å²) in [6, 6.07) is 29.4. The van der Waals surface area contributed by atoms with Crippen LogP contribution in [0.3, 0.4) is 0 Å². The minimum absolute atomic E-state index is 0. The Balaban J connectivity index is 0.000000422. The van der Waals surface area contributed by atoms with Crippen molar-refractivity contribution in [3.8, 4) is 5.75 Å². The Hall–Kier alpha value is -6.96. The summed E-state index contributed by atoms with van der Waals surface area (Å²) in [6.07, 6.45) is 4.99. The van der Waals surface area contributed by atoms with Crippen LogP contribution >= 0.6 is 24.0 Å². The largest absolute Gasteiger partial charge is 0.478 e. The Morgan fingerprint density at radius 1 is 0.803 bits per heavy atom. The standard InChI is InChI=1S/C16H19ClN2.C9H13NO.C9H8O4.C8H10N4O2.C4H4O4.ClH/c1-19(2)12-10-15(16-5-3-4-11-18-16)13-6-8-14(17)9-7-13;1-7(10)9(11)8-5-3-2-4-6-8;1-6(10)13-8-5-3-2-4-7(8)9(11)12;1-10-4-9-6-5(10)7(13)12(3)8(14)11(6)2;5-3(6)1-2-4(7)8;/h3-9,11,15H,10,12H2,1-2H3;2-7,9,11H,10H2,1H3;2-5H,1H3,(H,11,12);4H,1-3H3;1-2H,(H,5,6)(H,7,8);1H/b;;;;2-1+;/t;7-,9-;;;;/m.1..../s1. The number of imidazole rings is 1. The average molecular weight is 953 g/mol. The fourth-order valence-electron chi connectivity index (χ4n) is 5.60. The first-order valence-electron chi connectivity index (χ1n) is 19.7. The highest BCUT2D eigenvalue weighted by Crippen LogP contribution is 2.27. The molecule has 66 heavy (non-hydrogen) atoms. The number of pyridine rings is 1. The molecule has 0 aliphatic heterocycles.